The Labute approximate surface area is 161 Å². The molecule has 2 aliphatic heterocycles. The second-order valence-corrected chi connectivity index (χ2v) is 7.06. The molecule has 2 fully saturated rings. The predicted octanol–water partition coefficient (Wildman–Crippen LogP) is 1.36. The number of hydrogen-bond donors (Lipinski definition) is 1. The van der Waals surface area contributed by atoms with Crippen LogP contribution in [0.3, 0.4) is 0 Å². The molecular weight excluding hydrogens is 346 g/mol. The van der Waals surface area contributed by atoms with Crippen LogP contribution in [-0.2, 0) is 4.74 Å². The largest absolute Gasteiger partial charge is 0.497 e. The first kappa shape index (κ1) is 19.9. The smallest absolute Gasteiger partial charge is 0.257 e. The van der Waals surface area contributed by atoms with Crippen molar-refractivity contribution in [3.05, 3.63) is 23.8 Å². The van der Waals surface area contributed by atoms with Crippen molar-refractivity contribution < 1.29 is 19.0 Å². The number of rotatable bonds is 7. The Morgan fingerprint density at radius 3 is 2.81 bits per heavy atom. The minimum absolute atomic E-state index is 0.0302. The Hall–Kier alpha value is -1.83. The first-order valence-corrected chi connectivity index (χ1v) is 9.85. The predicted molar refractivity (Wildman–Crippen MR) is 103 cm³/mol. The first-order valence-electron chi connectivity index (χ1n) is 9.85. The second kappa shape index (κ2) is 9.92. The normalized spacial score (nSPS) is 21.1. The highest BCUT2D eigenvalue weighted by Gasteiger charge is 2.31. The van der Waals surface area contributed by atoms with Gasteiger partial charge in [0.1, 0.15) is 18.1 Å². The van der Waals surface area contributed by atoms with E-state index in [2.05, 4.69) is 4.90 Å². The van der Waals surface area contributed by atoms with Gasteiger partial charge >= 0.3 is 0 Å². The average molecular weight is 377 g/mol. The van der Waals surface area contributed by atoms with Gasteiger partial charge in [0.15, 0.2) is 0 Å². The van der Waals surface area contributed by atoms with Gasteiger partial charge < -0.3 is 24.8 Å². The molecule has 0 bridgehead atoms. The van der Waals surface area contributed by atoms with Crippen molar-refractivity contribution in [2.45, 2.75) is 25.3 Å². The van der Waals surface area contributed by atoms with E-state index in [1.165, 1.54) is 0 Å². The third-order valence-electron chi connectivity index (χ3n) is 5.26. The molecule has 1 atom stereocenters. The topological polar surface area (TPSA) is 77.3 Å². The Morgan fingerprint density at radius 1 is 1.26 bits per heavy atom. The molecule has 2 aliphatic rings. The Bertz CT molecular complexity index is 619. The quantitative estimate of drug-likeness (QED) is 0.773. The van der Waals surface area contributed by atoms with Crippen LogP contribution in [0.25, 0.3) is 0 Å². The molecule has 2 N–H and O–H groups in total. The lowest BCUT2D eigenvalue weighted by Crippen LogP contribution is -2.51. The van der Waals surface area contributed by atoms with Gasteiger partial charge in [-0.05, 0) is 31.4 Å². The van der Waals surface area contributed by atoms with Gasteiger partial charge in [-0.25, -0.2) is 0 Å². The highest BCUT2D eigenvalue weighted by Crippen LogP contribution is 2.29. The Balaban J connectivity index is 1.77. The summed E-state index contributed by atoms with van der Waals surface area (Å²) in [7, 11) is 1.60. The minimum atomic E-state index is 0.0302. The second-order valence-electron chi connectivity index (χ2n) is 7.06. The van der Waals surface area contributed by atoms with Gasteiger partial charge in [0.2, 0.25) is 0 Å². The lowest BCUT2D eigenvalue weighted by molar-refractivity contribution is 0.0165. The van der Waals surface area contributed by atoms with E-state index >= 15 is 0 Å². The Kier molecular flexibility index (Phi) is 7.32. The highest BCUT2D eigenvalue weighted by atomic mass is 16.5. The van der Waals surface area contributed by atoms with Crippen LogP contribution in [0.15, 0.2) is 18.2 Å². The fourth-order valence-electron chi connectivity index (χ4n) is 3.79. The van der Waals surface area contributed by atoms with E-state index in [0.717, 1.165) is 58.7 Å². The molecule has 0 saturated carbocycles. The number of piperidine rings is 1. The number of amides is 1. The molecule has 2 heterocycles. The zero-order chi connectivity index (χ0) is 19.1. The van der Waals surface area contributed by atoms with Crippen molar-refractivity contribution in [3.8, 4) is 11.5 Å². The van der Waals surface area contributed by atoms with Gasteiger partial charge in [0.25, 0.3) is 5.91 Å². The SMILES string of the molecule is COc1ccc(C(=O)N2CCCCC2CN2CCOCC2)c(OCCN)c1. The summed E-state index contributed by atoms with van der Waals surface area (Å²) in [5.41, 5.74) is 6.16. The fourth-order valence-corrected chi connectivity index (χ4v) is 3.79. The molecule has 2 saturated heterocycles. The van der Waals surface area contributed by atoms with Crippen LogP contribution in [0.2, 0.25) is 0 Å². The lowest BCUT2D eigenvalue weighted by Gasteiger charge is -2.39. The summed E-state index contributed by atoms with van der Waals surface area (Å²) in [5.74, 6) is 1.24. The molecule has 1 aromatic rings. The number of likely N-dealkylation sites (tertiary alicyclic amines) is 1. The molecular formula is C20H31N3O4. The summed E-state index contributed by atoms with van der Waals surface area (Å²) in [5, 5.41) is 0. The van der Waals surface area contributed by atoms with E-state index in [1.54, 1.807) is 19.2 Å². The lowest BCUT2D eigenvalue weighted by atomic mass is 9.99. The molecule has 1 unspecified atom stereocenters. The number of benzene rings is 1. The van der Waals surface area contributed by atoms with E-state index in [0.29, 0.717) is 30.2 Å². The van der Waals surface area contributed by atoms with Crippen LogP contribution in [0, 0.1) is 0 Å². The maximum absolute atomic E-state index is 13.4. The number of nitrogens with two attached hydrogens (primary N) is 1. The van der Waals surface area contributed by atoms with E-state index < -0.39 is 0 Å². The maximum Gasteiger partial charge on any atom is 0.257 e. The zero-order valence-corrected chi connectivity index (χ0v) is 16.2. The average Bonchev–Trinajstić information content (AvgIpc) is 2.72. The zero-order valence-electron chi connectivity index (χ0n) is 16.2. The summed E-state index contributed by atoms with van der Waals surface area (Å²) in [6.07, 6.45) is 3.25. The standard InChI is InChI=1S/C20H31N3O4/c1-25-17-5-6-18(19(14-17)27-11-7-21)20(24)23-8-3-2-4-16(23)15-22-9-12-26-13-10-22/h5-6,14,16H,2-4,7-13,15,21H2,1H3. The van der Waals surface area contributed by atoms with E-state index in [4.69, 9.17) is 19.9 Å². The summed E-state index contributed by atoms with van der Waals surface area (Å²) < 4.78 is 16.5. The van der Waals surface area contributed by atoms with E-state index in [9.17, 15) is 4.79 Å². The van der Waals surface area contributed by atoms with Crippen LogP contribution in [0.4, 0.5) is 0 Å². The number of ether oxygens (including phenoxy) is 3. The van der Waals surface area contributed by atoms with Crippen LogP contribution in [-0.4, -0.2) is 81.4 Å². The van der Waals surface area contributed by atoms with Gasteiger partial charge in [0, 0.05) is 44.8 Å². The van der Waals surface area contributed by atoms with Gasteiger partial charge in [0.05, 0.1) is 25.9 Å². The third kappa shape index (κ3) is 5.12. The van der Waals surface area contributed by atoms with Crippen LogP contribution in [0.5, 0.6) is 11.5 Å². The molecule has 1 amide bonds. The van der Waals surface area contributed by atoms with Crippen molar-refractivity contribution in [3.63, 3.8) is 0 Å². The number of carbonyl (C=O) groups is 1. The minimum Gasteiger partial charge on any atom is -0.497 e. The molecule has 7 nitrogen and oxygen atoms in total. The Morgan fingerprint density at radius 2 is 2.07 bits per heavy atom. The van der Waals surface area contributed by atoms with Crippen molar-refractivity contribution in [1.82, 2.24) is 9.80 Å². The molecule has 27 heavy (non-hydrogen) atoms. The molecule has 7 heteroatoms. The van der Waals surface area contributed by atoms with Crippen LogP contribution >= 0.6 is 0 Å². The molecule has 150 valence electrons. The van der Waals surface area contributed by atoms with Crippen molar-refractivity contribution in [2.75, 3.05) is 59.7 Å². The van der Waals surface area contributed by atoms with Crippen molar-refractivity contribution in [1.29, 1.82) is 0 Å². The van der Waals surface area contributed by atoms with Gasteiger partial charge in [-0.1, -0.05) is 0 Å². The molecule has 0 spiro atoms. The van der Waals surface area contributed by atoms with Gasteiger partial charge in [-0.2, -0.15) is 0 Å². The van der Waals surface area contributed by atoms with E-state index in [1.807, 2.05) is 11.0 Å². The monoisotopic (exact) mass is 377 g/mol. The number of carbonyl (C=O) groups excluding carboxylic acids is 1. The number of nitrogens with zero attached hydrogens (tertiary/aromatic N) is 2. The number of morpholine rings is 1. The fraction of sp³-hybridized carbons (Fsp3) is 0.650. The van der Waals surface area contributed by atoms with Gasteiger partial charge in [-0.3, -0.25) is 9.69 Å². The van der Waals surface area contributed by atoms with Gasteiger partial charge in [-0.15, -0.1) is 0 Å². The molecule has 0 aliphatic carbocycles. The summed E-state index contributed by atoms with van der Waals surface area (Å²) in [4.78, 5) is 17.8. The van der Waals surface area contributed by atoms with E-state index in [-0.39, 0.29) is 11.9 Å². The summed E-state index contributed by atoms with van der Waals surface area (Å²) in [6, 6.07) is 5.61. The van der Waals surface area contributed by atoms with Crippen molar-refractivity contribution in [2.24, 2.45) is 5.73 Å². The number of hydrogen-bond acceptors (Lipinski definition) is 6. The molecule has 3 rings (SSSR count). The molecule has 0 aromatic heterocycles. The van der Waals surface area contributed by atoms with Crippen LogP contribution in [0.1, 0.15) is 29.6 Å². The first-order chi connectivity index (χ1) is 13.2. The summed E-state index contributed by atoms with van der Waals surface area (Å²) >= 11 is 0. The van der Waals surface area contributed by atoms with Crippen LogP contribution < -0.4 is 15.2 Å². The maximum atomic E-state index is 13.4. The number of methoxy groups -OCH3 is 1. The van der Waals surface area contributed by atoms with Crippen molar-refractivity contribution >= 4 is 5.91 Å². The third-order valence-corrected chi connectivity index (χ3v) is 5.26. The highest BCUT2D eigenvalue weighted by molar-refractivity contribution is 5.97. The molecule has 0 radical (unpaired) electrons. The summed E-state index contributed by atoms with van der Waals surface area (Å²) in [6.45, 7) is 5.88. The molecule has 1 aromatic carbocycles.